The van der Waals surface area contributed by atoms with Crippen molar-refractivity contribution in [3.63, 3.8) is 0 Å². The Bertz CT molecular complexity index is 1160. The molecule has 1 aromatic heterocycles. The first-order chi connectivity index (χ1) is 15.1. The summed E-state index contributed by atoms with van der Waals surface area (Å²) in [6, 6.07) is 12.9. The second kappa shape index (κ2) is 9.46. The Morgan fingerprint density at radius 1 is 1.06 bits per heavy atom. The molecule has 1 amide bonds. The number of hydrogen-bond acceptors (Lipinski definition) is 5. The van der Waals surface area contributed by atoms with E-state index in [1.54, 1.807) is 32.4 Å². The SMILES string of the molecule is COc1cccc(COc2cn(C)c(C(=O)Nc3ccc(OC(F)(F)F)cc3)cc2=O)c1. The Morgan fingerprint density at radius 3 is 2.44 bits per heavy atom. The number of nitrogens with one attached hydrogen (secondary N) is 1. The Morgan fingerprint density at radius 2 is 1.78 bits per heavy atom. The first kappa shape index (κ1) is 22.7. The van der Waals surface area contributed by atoms with Crippen molar-refractivity contribution in [2.45, 2.75) is 13.0 Å². The number of hydrogen-bond donors (Lipinski definition) is 1. The molecule has 1 heterocycles. The molecule has 0 saturated heterocycles. The topological polar surface area (TPSA) is 78.8 Å². The van der Waals surface area contributed by atoms with Crippen LogP contribution in [0, 0.1) is 0 Å². The van der Waals surface area contributed by atoms with Crippen molar-refractivity contribution in [1.82, 2.24) is 4.57 Å². The van der Waals surface area contributed by atoms with Gasteiger partial charge in [0.25, 0.3) is 5.91 Å². The Hall–Kier alpha value is -3.95. The summed E-state index contributed by atoms with van der Waals surface area (Å²) in [4.78, 5) is 24.9. The maximum Gasteiger partial charge on any atom is 0.573 e. The molecule has 3 aromatic rings. The molecule has 0 spiro atoms. The number of halogens is 3. The van der Waals surface area contributed by atoms with Crippen LogP contribution in [-0.4, -0.2) is 23.9 Å². The van der Waals surface area contributed by atoms with Crippen LogP contribution in [0.15, 0.2) is 65.6 Å². The van der Waals surface area contributed by atoms with Gasteiger partial charge in [-0.25, -0.2) is 0 Å². The molecule has 3 rings (SSSR count). The molecule has 7 nitrogen and oxygen atoms in total. The van der Waals surface area contributed by atoms with E-state index < -0.39 is 23.4 Å². The standard InChI is InChI=1S/C22H19F3N2O5/c1-27-12-20(31-13-14-4-3-5-17(10-14)30-2)19(28)11-18(27)21(29)26-15-6-8-16(9-7-15)32-22(23,24)25/h3-12H,13H2,1-2H3,(H,26,29). The predicted octanol–water partition coefficient (Wildman–Crippen LogP) is 4.12. The van der Waals surface area contributed by atoms with E-state index in [1.807, 2.05) is 6.07 Å². The summed E-state index contributed by atoms with van der Waals surface area (Å²) < 4.78 is 52.6. The largest absolute Gasteiger partial charge is 0.573 e. The van der Waals surface area contributed by atoms with Gasteiger partial charge in [-0.3, -0.25) is 9.59 Å². The molecule has 168 valence electrons. The van der Waals surface area contributed by atoms with E-state index in [1.165, 1.54) is 22.9 Å². The van der Waals surface area contributed by atoms with E-state index in [4.69, 9.17) is 9.47 Å². The number of methoxy groups -OCH3 is 1. The highest BCUT2D eigenvalue weighted by Crippen LogP contribution is 2.24. The van der Waals surface area contributed by atoms with Crippen LogP contribution in [0.4, 0.5) is 18.9 Å². The minimum atomic E-state index is -4.81. The molecule has 0 atom stereocenters. The molecular formula is C22H19F3N2O5. The van der Waals surface area contributed by atoms with E-state index in [9.17, 15) is 22.8 Å². The number of benzene rings is 2. The van der Waals surface area contributed by atoms with Gasteiger partial charge in [0.05, 0.1) is 13.3 Å². The molecule has 1 N–H and O–H groups in total. The van der Waals surface area contributed by atoms with Crippen molar-refractivity contribution < 1.29 is 32.2 Å². The fraction of sp³-hybridized carbons (Fsp3) is 0.182. The van der Waals surface area contributed by atoms with Gasteiger partial charge in [-0.05, 0) is 42.0 Å². The fourth-order valence-electron chi connectivity index (χ4n) is 2.80. The molecule has 10 heteroatoms. The fourth-order valence-corrected chi connectivity index (χ4v) is 2.80. The summed E-state index contributed by atoms with van der Waals surface area (Å²) in [5.41, 5.74) is 0.575. The minimum Gasteiger partial charge on any atom is -0.497 e. The van der Waals surface area contributed by atoms with Gasteiger partial charge in [0.2, 0.25) is 5.43 Å². The second-order valence-corrected chi connectivity index (χ2v) is 6.66. The monoisotopic (exact) mass is 448 g/mol. The third-order valence-electron chi connectivity index (χ3n) is 4.31. The number of ether oxygens (including phenoxy) is 3. The van der Waals surface area contributed by atoms with Gasteiger partial charge < -0.3 is 24.1 Å². The third-order valence-corrected chi connectivity index (χ3v) is 4.31. The smallest absolute Gasteiger partial charge is 0.497 e. The molecule has 32 heavy (non-hydrogen) atoms. The van der Waals surface area contributed by atoms with E-state index in [0.717, 1.165) is 23.8 Å². The number of aromatic nitrogens is 1. The number of rotatable bonds is 7. The van der Waals surface area contributed by atoms with Crippen molar-refractivity contribution in [3.8, 4) is 17.2 Å². The number of carbonyl (C=O) groups excluding carboxylic acids is 1. The highest BCUT2D eigenvalue weighted by Gasteiger charge is 2.31. The summed E-state index contributed by atoms with van der Waals surface area (Å²) in [6.07, 6.45) is -3.42. The van der Waals surface area contributed by atoms with Crippen molar-refractivity contribution >= 4 is 11.6 Å². The highest BCUT2D eigenvalue weighted by molar-refractivity contribution is 6.03. The number of carbonyl (C=O) groups is 1. The average Bonchev–Trinajstić information content (AvgIpc) is 2.74. The number of anilines is 1. The molecule has 2 aromatic carbocycles. The van der Waals surface area contributed by atoms with Gasteiger partial charge in [-0.2, -0.15) is 0 Å². The maximum atomic E-state index is 12.5. The second-order valence-electron chi connectivity index (χ2n) is 6.66. The van der Waals surface area contributed by atoms with Crippen LogP contribution in [0.2, 0.25) is 0 Å². The minimum absolute atomic E-state index is 0.0411. The van der Waals surface area contributed by atoms with Crippen LogP contribution >= 0.6 is 0 Å². The van der Waals surface area contributed by atoms with Crippen molar-refractivity contribution in [3.05, 3.63) is 82.3 Å². The normalized spacial score (nSPS) is 11.0. The lowest BCUT2D eigenvalue weighted by Gasteiger charge is -2.13. The lowest BCUT2D eigenvalue weighted by Crippen LogP contribution is -2.21. The van der Waals surface area contributed by atoms with E-state index >= 15 is 0 Å². The van der Waals surface area contributed by atoms with E-state index in [-0.39, 0.29) is 23.7 Å². The van der Waals surface area contributed by atoms with Crippen LogP contribution in [0.25, 0.3) is 0 Å². The molecule has 0 unspecified atom stereocenters. The van der Waals surface area contributed by atoms with Crippen LogP contribution in [0.1, 0.15) is 16.1 Å². The number of nitrogens with zero attached hydrogens (tertiary/aromatic N) is 1. The molecule has 0 fully saturated rings. The van der Waals surface area contributed by atoms with Crippen molar-refractivity contribution in [1.29, 1.82) is 0 Å². The first-order valence-corrected chi connectivity index (χ1v) is 9.28. The number of alkyl halides is 3. The summed E-state index contributed by atoms with van der Waals surface area (Å²) in [5, 5.41) is 2.52. The van der Waals surface area contributed by atoms with Gasteiger partial charge >= 0.3 is 6.36 Å². The molecule has 0 aliphatic carbocycles. The van der Waals surface area contributed by atoms with Crippen molar-refractivity contribution in [2.24, 2.45) is 7.05 Å². The molecule has 0 aliphatic heterocycles. The number of amides is 1. The Kier molecular flexibility index (Phi) is 6.72. The summed E-state index contributed by atoms with van der Waals surface area (Å²) in [7, 11) is 3.11. The quantitative estimate of drug-likeness (QED) is 0.588. The molecule has 0 bridgehead atoms. The van der Waals surface area contributed by atoms with Crippen LogP contribution in [0.5, 0.6) is 17.2 Å². The van der Waals surface area contributed by atoms with Gasteiger partial charge in [0, 0.05) is 18.8 Å². The first-order valence-electron chi connectivity index (χ1n) is 9.28. The molecular weight excluding hydrogens is 429 g/mol. The lowest BCUT2D eigenvalue weighted by molar-refractivity contribution is -0.274. The number of aryl methyl sites for hydroxylation is 1. The van der Waals surface area contributed by atoms with Crippen LogP contribution in [-0.2, 0) is 13.7 Å². The molecule has 0 radical (unpaired) electrons. The van der Waals surface area contributed by atoms with Crippen molar-refractivity contribution in [2.75, 3.05) is 12.4 Å². The van der Waals surface area contributed by atoms with E-state index in [0.29, 0.717) is 5.75 Å². The summed E-state index contributed by atoms with van der Waals surface area (Å²) in [6.45, 7) is 0.129. The van der Waals surface area contributed by atoms with Crippen LogP contribution < -0.4 is 25.0 Å². The Labute approximate surface area is 181 Å². The van der Waals surface area contributed by atoms with Gasteiger partial charge in [0.15, 0.2) is 5.75 Å². The lowest BCUT2D eigenvalue weighted by atomic mass is 10.2. The Balaban J connectivity index is 1.68. The summed E-state index contributed by atoms with van der Waals surface area (Å²) in [5.74, 6) is -0.321. The maximum absolute atomic E-state index is 12.5. The molecule has 0 aliphatic rings. The third kappa shape index (κ3) is 6.03. The van der Waals surface area contributed by atoms with Crippen LogP contribution in [0.3, 0.4) is 0 Å². The highest BCUT2D eigenvalue weighted by atomic mass is 19.4. The zero-order chi connectivity index (χ0) is 23.3. The average molecular weight is 448 g/mol. The van der Waals surface area contributed by atoms with Gasteiger partial charge in [-0.1, -0.05) is 12.1 Å². The zero-order valence-corrected chi connectivity index (χ0v) is 17.1. The predicted molar refractivity (Wildman–Crippen MR) is 110 cm³/mol. The summed E-state index contributed by atoms with van der Waals surface area (Å²) >= 11 is 0. The van der Waals surface area contributed by atoms with Gasteiger partial charge in [-0.15, -0.1) is 13.2 Å². The number of pyridine rings is 1. The van der Waals surface area contributed by atoms with E-state index in [2.05, 4.69) is 10.1 Å². The zero-order valence-electron chi connectivity index (χ0n) is 17.1. The van der Waals surface area contributed by atoms with Gasteiger partial charge in [0.1, 0.15) is 23.8 Å². The molecule has 0 saturated carbocycles.